The van der Waals surface area contributed by atoms with Gasteiger partial charge in [-0.05, 0) is 64.3 Å². The van der Waals surface area contributed by atoms with Gasteiger partial charge in [-0.25, -0.2) is 0 Å². The van der Waals surface area contributed by atoms with Crippen LogP contribution in [-0.4, -0.2) is 50.4 Å². The first-order valence-corrected chi connectivity index (χ1v) is 7.61. The highest BCUT2D eigenvalue weighted by Gasteiger charge is 2.20. The standard InChI is InChI=1S/C16H24N4O2/c1-20(2)11-15(21)18-13-3-5-14(6-4-13)19-16(22)12-7-9-17-10-8-12/h3-6,12,17H,7-11H2,1-2H3,(H,18,21)(H,19,22). The number of rotatable bonds is 5. The predicted octanol–water partition coefficient (Wildman–Crippen LogP) is 1.12. The largest absolute Gasteiger partial charge is 0.326 e. The van der Waals surface area contributed by atoms with Crippen molar-refractivity contribution < 1.29 is 9.59 Å². The van der Waals surface area contributed by atoms with Crippen molar-refractivity contribution in [3.05, 3.63) is 24.3 Å². The number of carbonyl (C=O) groups is 2. The summed E-state index contributed by atoms with van der Waals surface area (Å²) in [6, 6.07) is 7.21. The fourth-order valence-electron chi connectivity index (χ4n) is 2.45. The highest BCUT2D eigenvalue weighted by molar-refractivity contribution is 5.94. The lowest BCUT2D eigenvalue weighted by Gasteiger charge is -2.21. The van der Waals surface area contributed by atoms with Crippen molar-refractivity contribution in [2.75, 3.05) is 44.4 Å². The molecule has 22 heavy (non-hydrogen) atoms. The zero-order valence-corrected chi connectivity index (χ0v) is 13.2. The molecule has 1 aliphatic heterocycles. The molecule has 1 aromatic rings. The van der Waals surface area contributed by atoms with Gasteiger partial charge in [-0.3, -0.25) is 9.59 Å². The number of anilines is 2. The Balaban J connectivity index is 1.86. The minimum absolute atomic E-state index is 0.0588. The lowest BCUT2D eigenvalue weighted by molar-refractivity contribution is -0.120. The van der Waals surface area contributed by atoms with Crippen LogP contribution in [0.1, 0.15) is 12.8 Å². The van der Waals surface area contributed by atoms with Gasteiger partial charge >= 0.3 is 0 Å². The third-order valence-corrected chi connectivity index (χ3v) is 3.61. The minimum Gasteiger partial charge on any atom is -0.326 e. The molecule has 2 amide bonds. The third-order valence-electron chi connectivity index (χ3n) is 3.61. The van der Waals surface area contributed by atoms with Crippen LogP contribution >= 0.6 is 0 Å². The quantitative estimate of drug-likeness (QED) is 0.762. The number of hydrogen-bond acceptors (Lipinski definition) is 4. The second-order valence-electron chi connectivity index (χ2n) is 5.88. The average molecular weight is 304 g/mol. The number of hydrogen-bond donors (Lipinski definition) is 3. The Morgan fingerprint density at radius 2 is 1.64 bits per heavy atom. The van der Waals surface area contributed by atoms with Crippen LogP contribution < -0.4 is 16.0 Å². The van der Waals surface area contributed by atoms with Crippen LogP contribution in [0.25, 0.3) is 0 Å². The van der Waals surface area contributed by atoms with Crippen LogP contribution in [0.15, 0.2) is 24.3 Å². The van der Waals surface area contributed by atoms with Gasteiger partial charge in [0.05, 0.1) is 6.54 Å². The van der Waals surface area contributed by atoms with Gasteiger partial charge in [0.2, 0.25) is 11.8 Å². The number of benzene rings is 1. The van der Waals surface area contributed by atoms with Crippen molar-refractivity contribution in [3.8, 4) is 0 Å². The summed E-state index contributed by atoms with van der Waals surface area (Å²) in [6.45, 7) is 2.14. The predicted molar refractivity (Wildman–Crippen MR) is 87.8 cm³/mol. The summed E-state index contributed by atoms with van der Waals surface area (Å²) in [4.78, 5) is 25.6. The van der Waals surface area contributed by atoms with Crippen molar-refractivity contribution in [1.29, 1.82) is 0 Å². The second-order valence-corrected chi connectivity index (χ2v) is 5.88. The van der Waals surface area contributed by atoms with E-state index in [1.165, 1.54) is 0 Å². The van der Waals surface area contributed by atoms with Crippen molar-refractivity contribution in [3.63, 3.8) is 0 Å². The van der Waals surface area contributed by atoms with E-state index < -0.39 is 0 Å². The molecule has 0 spiro atoms. The monoisotopic (exact) mass is 304 g/mol. The molecule has 1 aliphatic rings. The van der Waals surface area contributed by atoms with Gasteiger partial charge in [0.25, 0.3) is 0 Å². The summed E-state index contributed by atoms with van der Waals surface area (Å²) in [7, 11) is 3.69. The first kappa shape index (κ1) is 16.5. The van der Waals surface area contributed by atoms with Crippen molar-refractivity contribution in [1.82, 2.24) is 10.2 Å². The van der Waals surface area contributed by atoms with Crippen LogP contribution in [0.3, 0.4) is 0 Å². The molecule has 6 heteroatoms. The molecule has 0 radical (unpaired) electrons. The molecule has 0 aliphatic carbocycles. The van der Waals surface area contributed by atoms with Gasteiger partial charge in [0.1, 0.15) is 0 Å². The topological polar surface area (TPSA) is 73.5 Å². The van der Waals surface area contributed by atoms with E-state index in [4.69, 9.17) is 0 Å². The van der Waals surface area contributed by atoms with Crippen molar-refractivity contribution >= 4 is 23.2 Å². The van der Waals surface area contributed by atoms with Crippen LogP contribution in [0.4, 0.5) is 11.4 Å². The van der Waals surface area contributed by atoms with E-state index in [9.17, 15) is 9.59 Å². The van der Waals surface area contributed by atoms with E-state index in [0.717, 1.165) is 37.3 Å². The Bertz CT molecular complexity index is 507. The minimum atomic E-state index is -0.0588. The molecular weight excluding hydrogens is 280 g/mol. The molecule has 1 aromatic carbocycles. The molecule has 0 saturated carbocycles. The molecule has 1 saturated heterocycles. The molecule has 3 N–H and O–H groups in total. The zero-order chi connectivity index (χ0) is 15.9. The van der Waals surface area contributed by atoms with E-state index in [2.05, 4.69) is 16.0 Å². The molecule has 1 fully saturated rings. The average Bonchev–Trinajstić information content (AvgIpc) is 2.49. The first-order valence-electron chi connectivity index (χ1n) is 7.61. The molecule has 2 rings (SSSR count). The maximum atomic E-state index is 12.1. The Hall–Kier alpha value is -1.92. The normalized spacial score (nSPS) is 15.6. The van der Waals surface area contributed by atoms with Gasteiger partial charge in [-0.15, -0.1) is 0 Å². The van der Waals surface area contributed by atoms with Gasteiger partial charge in [0.15, 0.2) is 0 Å². The fourth-order valence-corrected chi connectivity index (χ4v) is 2.45. The number of carbonyl (C=O) groups excluding carboxylic acids is 2. The zero-order valence-electron chi connectivity index (χ0n) is 13.2. The molecule has 6 nitrogen and oxygen atoms in total. The fraction of sp³-hybridized carbons (Fsp3) is 0.500. The van der Waals surface area contributed by atoms with Gasteiger partial charge < -0.3 is 20.9 Å². The van der Waals surface area contributed by atoms with Crippen molar-refractivity contribution in [2.45, 2.75) is 12.8 Å². The lowest BCUT2D eigenvalue weighted by atomic mass is 9.97. The molecule has 1 heterocycles. The Kier molecular flexibility index (Phi) is 5.91. The number of likely N-dealkylation sites (N-methyl/N-ethyl adjacent to an activating group) is 1. The van der Waals surface area contributed by atoms with E-state index in [1.807, 2.05) is 31.1 Å². The van der Waals surface area contributed by atoms with Crippen LogP contribution in [-0.2, 0) is 9.59 Å². The molecule has 0 aromatic heterocycles. The Labute approximate surface area is 131 Å². The number of piperidine rings is 1. The van der Waals surface area contributed by atoms with Crippen LogP contribution in [0.5, 0.6) is 0 Å². The van der Waals surface area contributed by atoms with Gasteiger partial charge in [-0.1, -0.05) is 0 Å². The molecule has 0 unspecified atom stereocenters. The van der Waals surface area contributed by atoms with E-state index in [-0.39, 0.29) is 17.7 Å². The number of amides is 2. The summed E-state index contributed by atoms with van der Waals surface area (Å²) in [5.41, 5.74) is 1.49. The Morgan fingerprint density at radius 3 is 2.18 bits per heavy atom. The van der Waals surface area contributed by atoms with Crippen molar-refractivity contribution in [2.24, 2.45) is 5.92 Å². The smallest absolute Gasteiger partial charge is 0.238 e. The van der Waals surface area contributed by atoms with Gasteiger partial charge in [0, 0.05) is 17.3 Å². The summed E-state index contributed by atoms with van der Waals surface area (Å²) < 4.78 is 0. The van der Waals surface area contributed by atoms with E-state index >= 15 is 0 Å². The summed E-state index contributed by atoms with van der Waals surface area (Å²) in [5.74, 6) is 0.100. The molecule has 120 valence electrons. The maximum absolute atomic E-state index is 12.1. The van der Waals surface area contributed by atoms with Crippen LogP contribution in [0.2, 0.25) is 0 Å². The molecule has 0 bridgehead atoms. The van der Waals surface area contributed by atoms with E-state index in [1.54, 1.807) is 12.1 Å². The first-order chi connectivity index (χ1) is 10.5. The number of nitrogens with one attached hydrogen (secondary N) is 3. The third kappa shape index (κ3) is 5.13. The molecular formula is C16H24N4O2. The SMILES string of the molecule is CN(C)CC(=O)Nc1ccc(NC(=O)C2CCNCC2)cc1. The Morgan fingerprint density at radius 1 is 1.09 bits per heavy atom. The van der Waals surface area contributed by atoms with E-state index in [0.29, 0.717) is 6.54 Å². The molecule has 0 atom stereocenters. The second kappa shape index (κ2) is 7.91. The highest BCUT2D eigenvalue weighted by atomic mass is 16.2. The highest BCUT2D eigenvalue weighted by Crippen LogP contribution is 2.17. The van der Waals surface area contributed by atoms with Crippen LogP contribution in [0, 0.1) is 5.92 Å². The summed E-state index contributed by atoms with van der Waals surface area (Å²) in [6.07, 6.45) is 1.76. The maximum Gasteiger partial charge on any atom is 0.238 e. The van der Waals surface area contributed by atoms with Gasteiger partial charge in [-0.2, -0.15) is 0 Å². The summed E-state index contributed by atoms with van der Waals surface area (Å²) >= 11 is 0. The summed E-state index contributed by atoms with van der Waals surface area (Å²) in [5, 5.41) is 9.00. The lowest BCUT2D eigenvalue weighted by Crippen LogP contribution is -2.34. The number of nitrogens with zero attached hydrogens (tertiary/aromatic N) is 1.